The minimum absolute atomic E-state index is 0.242. The molecule has 0 N–H and O–H groups in total. The Bertz CT molecular complexity index is 474. The number of aromatic nitrogens is 1. The zero-order valence-electron chi connectivity index (χ0n) is 11.8. The number of carbonyl (C=O) groups is 1. The van der Waals surface area contributed by atoms with Crippen LogP contribution in [0.4, 0.5) is 4.79 Å². The van der Waals surface area contributed by atoms with Crippen molar-refractivity contribution in [2.45, 2.75) is 33.3 Å². The predicted molar refractivity (Wildman–Crippen MR) is 77.1 cm³/mol. The van der Waals surface area contributed by atoms with E-state index in [1.165, 1.54) is 5.57 Å². The SMILES string of the molecule is CC1CN(C(=O)OC(C)(C)C)CC=C1c1nccs1. The molecule has 1 atom stereocenters. The van der Waals surface area contributed by atoms with Gasteiger partial charge in [0.15, 0.2) is 0 Å². The van der Waals surface area contributed by atoms with Crippen molar-refractivity contribution in [1.29, 1.82) is 0 Å². The lowest BCUT2D eigenvalue weighted by Gasteiger charge is -2.32. The molecular formula is C14H20N2O2S. The number of thiazole rings is 1. The molecule has 1 aliphatic heterocycles. The number of ether oxygens (including phenoxy) is 1. The van der Waals surface area contributed by atoms with Crippen molar-refractivity contribution in [2.75, 3.05) is 13.1 Å². The van der Waals surface area contributed by atoms with Crippen molar-refractivity contribution >= 4 is 23.0 Å². The molecule has 2 rings (SSSR count). The van der Waals surface area contributed by atoms with Gasteiger partial charge < -0.3 is 9.64 Å². The van der Waals surface area contributed by atoms with E-state index in [1.807, 2.05) is 32.3 Å². The second-order valence-corrected chi connectivity index (χ2v) is 6.68. The van der Waals surface area contributed by atoms with Gasteiger partial charge >= 0.3 is 6.09 Å². The smallest absolute Gasteiger partial charge is 0.410 e. The minimum Gasteiger partial charge on any atom is -0.444 e. The Hall–Kier alpha value is -1.36. The lowest BCUT2D eigenvalue weighted by Crippen LogP contribution is -2.41. The van der Waals surface area contributed by atoms with Gasteiger partial charge in [-0.2, -0.15) is 0 Å². The van der Waals surface area contributed by atoms with Crippen LogP contribution in [0.3, 0.4) is 0 Å². The summed E-state index contributed by atoms with van der Waals surface area (Å²) >= 11 is 1.64. The van der Waals surface area contributed by atoms with Crippen molar-refractivity contribution < 1.29 is 9.53 Å². The molecule has 0 fully saturated rings. The van der Waals surface area contributed by atoms with E-state index in [9.17, 15) is 4.79 Å². The fourth-order valence-electron chi connectivity index (χ4n) is 2.05. The summed E-state index contributed by atoms with van der Waals surface area (Å²) in [7, 11) is 0. The summed E-state index contributed by atoms with van der Waals surface area (Å²) in [4.78, 5) is 18.1. The molecule has 0 aromatic carbocycles. The van der Waals surface area contributed by atoms with Gasteiger partial charge in [-0.1, -0.05) is 13.0 Å². The maximum absolute atomic E-state index is 12.0. The van der Waals surface area contributed by atoms with Crippen LogP contribution in [0.5, 0.6) is 0 Å². The fourth-order valence-corrected chi connectivity index (χ4v) is 2.85. The number of nitrogens with zero attached hydrogens (tertiary/aromatic N) is 2. The second-order valence-electron chi connectivity index (χ2n) is 5.78. The first kappa shape index (κ1) is 14.1. The van der Waals surface area contributed by atoms with E-state index in [0.29, 0.717) is 13.1 Å². The van der Waals surface area contributed by atoms with Crippen LogP contribution in [0.1, 0.15) is 32.7 Å². The van der Waals surface area contributed by atoms with E-state index in [-0.39, 0.29) is 12.0 Å². The Morgan fingerprint density at radius 3 is 2.79 bits per heavy atom. The maximum Gasteiger partial charge on any atom is 0.410 e. The molecule has 1 aromatic rings. The van der Waals surface area contributed by atoms with Crippen molar-refractivity contribution in [3.8, 4) is 0 Å². The molecule has 1 aliphatic rings. The molecule has 4 nitrogen and oxygen atoms in total. The maximum atomic E-state index is 12.0. The quantitative estimate of drug-likeness (QED) is 0.791. The van der Waals surface area contributed by atoms with E-state index in [4.69, 9.17) is 4.74 Å². The topological polar surface area (TPSA) is 42.4 Å². The Balaban J connectivity index is 2.05. The van der Waals surface area contributed by atoms with Gasteiger partial charge in [0, 0.05) is 30.6 Å². The molecule has 2 heterocycles. The molecule has 0 saturated heterocycles. The number of amides is 1. The fraction of sp³-hybridized carbons (Fsp3) is 0.571. The zero-order chi connectivity index (χ0) is 14.0. The van der Waals surface area contributed by atoms with Gasteiger partial charge in [-0.25, -0.2) is 9.78 Å². The molecule has 1 aromatic heterocycles. The molecular weight excluding hydrogens is 260 g/mol. The number of rotatable bonds is 1. The van der Waals surface area contributed by atoms with Gasteiger partial charge in [-0.15, -0.1) is 11.3 Å². The lowest BCUT2D eigenvalue weighted by atomic mass is 9.97. The molecule has 0 spiro atoms. The summed E-state index contributed by atoms with van der Waals surface area (Å²) in [5, 5.41) is 3.03. The van der Waals surface area contributed by atoms with E-state index in [0.717, 1.165) is 5.01 Å². The predicted octanol–water partition coefficient (Wildman–Crippen LogP) is 3.41. The average Bonchev–Trinajstić information content (AvgIpc) is 2.79. The van der Waals surface area contributed by atoms with Crippen molar-refractivity contribution in [3.63, 3.8) is 0 Å². The zero-order valence-corrected chi connectivity index (χ0v) is 12.7. The molecule has 0 aliphatic carbocycles. The van der Waals surface area contributed by atoms with Crippen molar-refractivity contribution in [3.05, 3.63) is 22.7 Å². The molecule has 1 unspecified atom stereocenters. The highest BCUT2D eigenvalue weighted by molar-refractivity contribution is 7.10. The monoisotopic (exact) mass is 280 g/mol. The summed E-state index contributed by atoms with van der Waals surface area (Å²) in [6, 6.07) is 0. The van der Waals surface area contributed by atoms with Crippen molar-refractivity contribution in [1.82, 2.24) is 9.88 Å². The summed E-state index contributed by atoms with van der Waals surface area (Å²) in [6.07, 6.45) is 3.65. The summed E-state index contributed by atoms with van der Waals surface area (Å²) < 4.78 is 5.40. The van der Waals surface area contributed by atoms with Gasteiger partial charge in [-0.05, 0) is 26.3 Å². The highest BCUT2D eigenvalue weighted by Crippen LogP contribution is 2.29. The first-order valence-corrected chi connectivity index (χ1v) is 7.32. The standard InChI is InChI=1S/C14H20N2O2S/c1-10-9-16(13(17)18-14(2,3)4)7-5-11(10)12-15-6-8-19-12/h5-6,8,10H,7,9H2,1-4H3. The molecule has 1 amide bonds. The van der Waals surface area contributed by atoms with Crippen LogP contribution in [0.2, 0.25) is 0 Å². The largest absolute Gasteiger partial charge is 0.444 e. The minimum atomic E-state index is -0.445. The number of carbonyl (C=O) groups excluding carboxylic acids is 1. The van der Waals surface area contributed by atoms with Gasteiger partial charge in [0.1, 0.15) is 10.6 Å². The van der Waals surface area contributed by atoms with Crippen LogP contribution >= 0.6 is 11.3 Å². The molecule has 19 heavy (non-hydrogen) atoms. The van der Waals surface area contributed by atoms with Gasteiger partial charge in [0.2, 0.25) is 0 Å². The second kappa shape index (κ2) is 5.33. The highest BCUT2D eigenvalue weighted by Gasteiger charge is 2.27. The van der Waals surface area contributed by atoms with E-state index in [1.54, 1.807) is 16.2 Å². The van der Waals surface area contributed by atoms with Crippen LogP contribution in [0.25, 0.3) is 5.57 Å². The van der Waals surface area contributed by atoms with Crippen LogP contribution in [0, 0.1) is 5.92 Å². The summed E-state index contributed by atoms with van der Waals surface area (Å²) in [6.45, 7) is 9.04. The average molecular weight is 280 g/mol. The Morgan fingerprint density at radius 2 is 2.26 bits per heavy atom. The third kappa shape index (κ3) is 3.56. The highest BCUT2D eigenvalue weighted by atomic mass is 32.1. The van der Waals surface area contributed by atoms with E-state index in [2.05, 4.69) is 18.0 Å². The van der Waals surface area contributed by atoms with Crippen LogP contribution in [-0.2, 0) is 4.74 Å². The normalized spacial score (nSPS) is 20.1. The number of hydrogen-bond acceptors (Lipinski definition) is 4. The molecule has 0 radical (unpaired) electrons. The van der Waals surface area contributed by atoms with E-state index >= 15 is 0 Å². The Kier molecular flexibility index (Phi) is 3.94. The first-order valence-electron chi connectivity index (χ1n) is 6.44. The number of hydrogen-bond donors (Lipinski definition) is 0. The van der Waals surface area contributed by atoms with Gasteiger partial charge in [0.25, 0.3) is 0 Å². The van der Waals surface area contributed by atoms with E-state index < -0.39 is 5.60 Å². The van der Waals surface area contributed by atoms with Crippen LogP contribution < -0.4 is 0 Å². The third-order valence-electron chi connectivity index (χ3n) is 2.89. The molecule has 0 saturated carbocycles. The molecule has 5 heteroatoms. The van der Waals surface area contributed by atoms with Gasteiger partial charge in [-0.3, -0.25) is 0 Å². The van der Waals surface area contributed by atoms with Crippen LogP contribution in [0.15, 0.2) is 17.7 Å². The Morgan fingerprint density at radius 1 is 1.53 bits per heavy atom. The molecule has 104 valence electrons. The first-order chi connectivity index (χ1) is 8.87. The van der Waals surface area contributed by atoms with Crippen molar-refractivity contribution in [2.24, 2.45) is 5.92 Å². The Labute approximate surface area is 118 Å². The lowest BCUT2D eigenvalue weighted by molar-refractivity contribution is 0.0252. The summed E-state index contributed by atoms with van der Waals surface area (Å²) in [5.74, 6) is 0.285. The summed E-state index contributed by atoms with van der Waals surface area (Å²) in [5.41, 5.74) is 0.786. The molecule has 0 bridgehead atoms. The third-order valence-corrected chi connectivity index (χ3v) is 3.71. The van der Waals surface area contributed by atoms with Crippen LogP contribution in [-0.4, -0.2) is 34.7 Å². The van der Waals surface area contributed by atoms with Gasteiger partial charge in [0.05, 0.1) is 0 Å².